The van der Waals surface area contributed by atoms with Gasteiger partial charge in [-0.1, -0.05) is 6.07 Å². The fraction of sp³-hybridized carbons (Fsp3) is 0.280. The molecule has 33 heavy (non-hydrogen) atoms. The number of methoxy groups -OCH3 is 2. The van der Waals surface area contributed by atoms with Crippen LogP contribution >= 0.6 is 0 Å². The molecule has 1 aliphatic heterocycles. The molecule has 1 aliphatic rings. The van der Waals surface area contributed by atoms with Crippen molar-refractivity contribution in [2.24, 2.45) is 7.05 Å². The molecule has 0 saturated carbocycles. The van der Waals surface area contributed by atoms with Crippen LogP contribution in [0.2, 0.25) is 0 Å². The highest BCUT2D eigenvalue weighted by atomic mass is 16.5. The molecule has 0 spiro atoms. The molecule has 8 heteroatoms. The van der Waals surface area contributed by atoms with Crippen molar-refractivity contribution in [1.29, 1.82) is 0 Å². The molecule has 1 fully saturated rings. The van der Waals surface area contributed by atoms with E-state index in [1.807, 2.05) is 48.1 Å². The normalized spacial score (nSPS) is 14.2. The number of ether oxygens (including phenoxy) is 2. The number of aromatic nitrogens is 2. The molecule has 0 unspecified atom stereocenters. The van der Waals surface area contributed by atoms with Gasteiger partial charge in [0.05, 0.1) is 42.0 Å². The average Bonchev–Trinajstić information content (AvgIpc) is 2.87. The molecular weight excluding hydrogens is 418 g/mol. The second-order valence-corrected chi connectivity index (χ2v) is 8.20. The first-order valence-corrected chi connectivity index (χ1v) is 10.9. The smallest absolute Gasteiger partial charge is 0.197 e. The Morgan fingerprint density at radius 2 is 1.52 bits per heavy atom. The average molecular weight is 446 g/mol. The molecule has 0 radical (unpaired) electrons. The lowest BCUT2D eigenvalue weighted by atomic mass is 10.1. The van der Waals surface area contributed by atoms with Crippen LogP contribution < -0.4 is 30.4 Å². The van der Waals surface area contributed by atoms with Crippen LogP contribution in [0.4, 0.5) is 17.2 Å². The van der Waals surface area contributed by atoms with Gasteiger partial charge in [0.1, 0.15) is 5.82 Å². The van der Waals surface area contributed by atoms with E-state index < -0.39 is 0 Å². The number of anilines is 3. The van der Waals surface area contributed by atoms with E-state index in [4.69, 9.17) is 15.2 Å². The van der Waals surface area contributed by atoms with Gasteiger partial charge in [-0.25, -0.2) is 4.98 Å². The SMILES string of the molecule is COc1cc2c(=O)c3cc(N)c(N4CCN(c5ccccn5)CC4)cc3n(C)c2cc1OC. The molecule has 2 aromatic heterocycles. The van der Waals surface area contributed by atoms with E-state index in [2.05, 4.69) is 14.8 Å². The molecule has 2 aromatic carbocycles. The molecule has 1 saturated heterocycles. The van der Waals surface area contributed by atoms with Crippen LogP contribution in [0, 0.1) is 0 Å². The number of nitrogens with zero attached hydrogens (tertiary/aromatic N) is 4. The van der Waals surface area contributed by atoms with Crippen LogP contribution in [0.3, 0.4) is 0 Å². The zero-order chi connectivity index (χ0) is 23.1. The Labute approximate surface area is 191 Å². The standard InChI is InChI=1S/C25H27N5O3/c1-28-19-14-21(29-8-10-30(11-9-29)24-6-4-5-7-27-24)18(26)12-16(19)25(31)17-13-22(32-2)23(33-3)15-20(17)28/h4-7,12-15H,8-11,26H2,1-3H3. The number of benzene rings is 2. The number of nitrogens with two attached hydrogens (primary N) is 1. The van der Waals surface area contributed by atoms with Crippen LogP contribution in [0.5, 0.6) is 11.5 Å². The Hall–Kier alpha value is -3.94. The highest BCUT2D eigenvalue weighted by Gasteiger charge is 2.22. The molecule has 3 heterocycles. The first kappa shape index (κ1) is 20.9. The van der Waals surface area contributed by atoms with Crippen LogP contribution in [0.1, 0.15) is 0 Å². The second-order valence-electron chi connectivity index (χ2n) is 8.20. The molecule has 0 atom stereocenters. The summed E-state index contributed by atoms with van der Waals surface area (Å²) in [4.78, 5) is 22.4. The largest absolute Gasteiger partial charge is 0.493 e. The van der Waals surface area contributed by atoms with E-state index in [-0.39, 0.29) is 5.43 Å². The lowest BCUT2D eigenvalue weighted by molar-refractivity contribution is 0.355. The van der Waals surface area contributed by atoms with Crippen molar-refractivity contribution in [3.05, 3.63) is 58.9 Å². The summed E-state index contributed by atoms with van der Waals surface area (Å²) in [6.07, 6.45) is 1.82. The summed E-state index contributed by atoms with van der Waals surface area (Å²) >= 11 is 0. The third kappa shape index (κ3) is 3.47. The summed E-state index contributed by atoms with van der Waals surface area (Å²) in [6, 6.07) is 13.4. The monoisotopic (exact) mass is 445 g/mol. The summed E-state index contributed by atoms with van der Waals surface area (Å²) in [7, 11) is 5.11. The van der Waals surface area contributed by atoms with Crippen molar-refractivity contribution in [3.8, 4) is 11.5 Å². The zero-order valence-corrected chi connectivity index (χ0v) is 19.0. The minimum atomic E-state index is -0.0720. The summed E-state index contributed by atoms with van der Waals surface area (Å²) in [6.45, 7) is 3.34. The van der Waals surface area contributed by atoms with E-state index in [1.54, 1.807) is 26.4 Å². The third-order valence-electron chi connectivity index (χ3n) is 6.45. The Balaban J connectivity index is 1.56. The van der Waals surface area contributed by atoms with Crippen molar-refractivity contribution >= 4 is 39.0 Å². The number of hydrogen-bond acceptors (Lipinski definition) is 7. The Morgan fingerprint density at radius 1 is 0.879 bits per heavy atom. The Kier molecular flexibility index (Phi) is 5.20. The number of piperazine rings is 1. The van der Waals surface area contributed by atoms with Gasteiger partial charge in [0.25, 0.3) is 0 Å². The minimum absolute atomic E-state index is 0.0720. The molecule has 2 N–H and O–H groups in total. The summed E-state index contributed by atoms with van der Waals surface area (Å²) in [5.41, 5.74) is 9.55. The number of pyridine rings is 2. The summed E-state index contributed by atoms with van der Waals surface area (Å²) in [5.74, 6) is 2.10. The highest BCUT2D eigenvalue weighted by molar-refractivity contribution is 5.98. The number of hydrogen-bond donors (Lipinski definition) is 1. The lowest BCUT2D eigenvalue weighted by Gasteiger charge is -2.37. The maximum absolute atomic E-state index is 13.4. The van der Waals surface area contributed by atoms with Gasteiger partial charge in [-0.15, -0.1) is 0 Å². The second kappa shape index (κ2) is 8.20. The van der Waals surface area contributed by atoms with E-state index >= 15 is 0 Å². The van der Waals surface area contributed by atoms with Crippen molar-refractivity contribution in [2.75, 3.05) is 55.9 Å². The molecule has 8 nitrogen and oxygen atoms in total. The molecule has 170 valence electrons. The molecule has 0 aliphatic carbocycles. The first-order chi connectivity index (χ1) is 16.0. The lowest BCUT2D eigenvalue weighted by Crippen LogP contribution is -2.47. The van der Waals surface area contributed by atoms with E-state index in [1.165, 1.54) is 0 Å². The zero-order valence-electron chi connectivity index (χ0n) is 19.0. The Morgan fingerprint density at radius 3 is 2.18 bits per heavy atom. The molecule has 0 bridgehead atoms. The molecule has 4 aromatic rings. The van der Waals surface area contributed by atoms with Gasteiger partial charge in [0, 0.05) is 50.9 Å². The number of fused-ring (bicyclic) bond motifs is 2. The van der Waals surface area contributed by atoms with Crippen LogP contribution in [-0.2, 0) is 7.05 Å². The highest BCUT2D eigenvalue weighted by Crippen LogP contribution is 2.34. The van der Waals surface area contributed by atoms with E-state index in [9.17, 15) is 4.79 Å². The predicted molar refractivity (Wildman–Crippen MR) is 133 cm³/mol. The van der Waals surface area contributed by atoms with Crippen LogP contribution in [0.25, 0.3) is 21.8 Å². The molecule has 5 rings (SSSR count). The quantitative estimate of drug-likeness (QED) is 0.382. The van der Waals surface area contributed by atoms with Gasteiger partial charge in [-0.2, -0.15) is 0 Å². The minimum Gasteiger partial charge on any atom is -0.493 e. The van der Waals surface area contributed by atoms with Crippen LogP contribution in [-0.4, -0.2) is 49.9 Å². The van der Waals surface area contributed by atoms with Crippen molar-refractivity contribution in [3.63, 3.8) is 0 Å². The fourth-order valence-electron chi connectivity index (χ4n) is 4.65. The Bertz CT molecular complexity index is 1390. The van der Waals surface area contributed by atoms with Gasteiger partial charge >= 0.3 is 0 Å². The maximum atomic E-state index is 13.4. The van der Waals surface area contributed by atoms with Gasteiger partial charge < -0.3 is 29.6 Å². The fourth-order valence-corrected chi connectivity index (χ4v) is 4.65. The van der Waals surface area contributed by atoms with E-state index in [0.29, 0.717) is 28.0 Å². The van der Waals surface area contributed by atoms with Crippen molar-refractivity contribution in [1.82, 2.24) is 9.55 Å². The van der Waals surface area contributed by atoms with Crippen LogP contribution in [0.15, 0.2) is 53.5 Å². The van der Waals surface area contributed by atoms with Crippen molar-refractivity contribution in [2.45, 2.75) is 0 Å². The number of rotatable bonds is 4. The van der Waals surface area contributed by atoms with E-state index in [0.717, 1.165) is 48.7 Å². The topological polar surface area (TPSA) is 85.9 Å². The number of nitrogen functional groups attached to an aromatic ring is 1. The third-order valence-corrected chi connectivity index (χ3v) is 6.45. The molecule has 0 amide bonds. The molecular formula is C25H27N5O3. The summed E-state index contributed by atoms with van der Waals surface area (Å²) in [5, 5.41) is 1.16. The number of aryl methyl sites for hydroxylation is 1. The van der Waals surface area contributed by atoms with Gasteiger partial charge in [-0.3, -0.25) is 4.79 Å². The summed E-state index contributed by atoms with van der Waals surface area (Å²) < 4.78 is 12.9. The predicted octanol–water partition coefficient (Wildman–Crippen LogP) is 3.01. The maximum Gasteiger partial charge on any atom is 0.197 e. The van der Waals surface area contributed by atoms with Gasteiger partial charge in [0.2, 0.25) is 0 Å². The van der Waals surface area contributed by atoms with Gasteiger partial charge in [-0.05, 0) is 30.3 Å². The van der Waals surface area contributed by atoms with Crippen molar-refractivity contribution < 1.29 is 9.47 Å². The first-order valence-electron chi connectivity index (χ1n) is 10.9. The van der Waals surface area contributed by atoms with Gasteiger partial charge in [0.15, 0.2) is 16.9 Å².